The minimum atomic E-state index is -0.0354. The van der Waals surface area contributed by atoms with Crippen LogP contribution in [0.5, 0.6) is 0 Å². The molecule has 1 aromatic carbocycles. The van der Waals surface area contributed by atoms with E-state index in [0.29, 0.717) is 6.54 Å². The van der Waals surface area contributed by atoms with Crippen molar-refractivity contribution in [3.05, 3.63) is 29.8 Å². The van der Waals surface area contributed by atoms with Gasteiger partial charge in [0.05, 0.1) is 6.54 Å². The Labute approximate surface area is 121 Å². The van der Waals surface area contributed by atoms with Crippen LogP contribution in [0.3, 0.4) is 0 Å². The quantitative estimate of drug-likeness (QED) is 0.684. The minimum absolute atomic E-state index is 0.0354. The Morgan fingerprint density at radius 2 is 1.90 bits per heavy atom. The molecule has 0 bridgehead atoms. The summed E-state index contributed by atoms with van der Waals surface area (Å²) in [6.45, 7) is 7.56. The van der Waals surface area contributed by atoms with Gasteiger partial charge in [-0.3, -0.25) is 4.79 Å². The fourth-order valence-corrected chi connectivity index (χ4v) is 2.00. The molecule has 1 rings (SSSR count). The van der Waals surface area contributed by atoms with Gasteiger partial charge in [-0.25, -0.2) is 0 Å². The largest absolute Gasteiger partial charge is 0.396 e. The minimum Gasteiger partial charge on any atom is -0.396 e. The van der Waals surface area contributed by atoms with Gasteiger partial charge in [-0.2, -0.15) is 0 Å². The number of carbonyl (C=O) groups excluding carboxylic acids is 1. The molecule has 0 atom stereocenters. The van der Waals surface area contributed by atoms with Crippen molar-refractivity contribution in [3.63, 3.8) is 0 Å². The molecule has 20 heavy (non-hydrogen) atoms. The third-order valence-electron chi connectivity index (χ3n) is 3.24. The second-order valence-corrected chi connectivity index (χ2v) is 6.01. The zero-order chi connectivity index (χ0) is 15.0. The smallest absolute Gasteiger partial charge is 0.238 e. The van der Waals surface area contributed by atoms with E-state index in [1.165, 1.54) is 5.56 Å². The number of benzene rings is 1. The number of nitrogens with one attached hydrogen (secondary N) is 2. The maximum Gasteiger partial charge on any atom is 0.238 e. The van der Waals surface area contributed by atoms with Crippen LogP contribution < -0.4 is 10.6 Å². The number of anilines is 1. The Morgan fingerprint density at radius 3 is 2.50 bits per heavy atom. The summed E-state index contributed by atoms with van der Waals surface area (Å²) in [6, 6.07) is 7.75. The zero-order valence-corrected chi connectivity index (χ0v) is 12.7. The summed E-state index contributed by atoms with van der Waals surface area (Å²) in [5.74, 6) is -0.0354. The lowest BCUT2D eigenvalue weighted by atomic mass is 9.88. The first-order valence-electron chi connectivity index (χ1n) is 7.11. The van der Waals surface area contributed by atoms with E-state index >= 15 is 0 Å². The highest BCUT2D eigenvalue weighted by atomic mass is 16.2. The molecule has 3 N–H and O–H groups in total. The molecule has 0 unspecified atom stereocenters. The lowest BCUT2D eigenvalue weighted by molar-refractivity contribution is -0.115. The highest BCUT2D eigenvalue weighted by molar-refractivity contribution is 5.92. The first-order chi connectivity index (χ1) is 9.43. The maximum atomic E-state index is 11.8. The molecule has 0 fully saturated rings. The molecule has 0 spiro atoms. The van der Waals surface area contributed by atoms with Gasteiger partial charge < -0.3 is 15.7 Å². The molecule has 0 aromatic heterocycles. The summed E-state index contributed by atoms with van der Waals surface area (Å²) in [5.41, 5.74) is 2.08. The molecular weight excluding hydrogens is 252 g/mol. The van der Waals surface area contributed by atoms with Crippen LogP contribution in [-0.2, 0) is 4.79 Å². The van der Waals surface area contributed by atoms with E-state index in [2.05, 4.69) is 24.5 Å². The van der Waals surface area contributed by atoms with Gasteiger partial charge >= 0.3 is 0 Å². The van der Waals surface area contributed by atoms with Crippen LogP contribution in [-0.4, -0.2) is 30.7 Å². The van der Waals surface area contributed by atoms with Crippen molar-refractivity contribution in [1.29, 1.82) is 0 Å². The van der Waals surface area contributed by atoms with Crippen LogP contribution in [0.4, 0.5) is 5.69 Å². The molecule has 0 aliphatic heterocycles. The molecule has 4 nitrogen and oxygen atoms in total. The highest BCUT2D eigenvalue weighted by Crippen LogP contribution is 2.20. The molecule has 112 valence electrons. The summed E-state index contributed by atoms with van der Waals surface area (Å²) >= 11 is 0. The van der Waals surface area contributed by atoms with Crippen molar-refractivity contribution in [2.24, 2.45) is 5.41 Å². The SMILES string of the molecule is Cc1ccc(NC(=O)CNCC(C)(C)CCCO)cc1. The second-order valence-electron chi connectivity index (χ2n) is 6.01. The molecule has 0 aliphatic carbocycles. The van der Waals surface area contributed by atoms with Crippen molar-refractivity contribution < 1.29 is 9.90 Å². The molecule has 0 saturated carbocycles. The number of hydrogen-bond donors (Lipinski definition) is 3. The molecule has 4 heteroatoms. The van der Waals surface area contributed by atoms with Crippen molar-refractivity contribution in [2.45, 2.75) is 33.6 Å². The van der Waals surface area contributed by atoms with Crippen LogP contribution in [0, 0.1) is 12.3 Å². The summed E-state index contributed by atoms with van der Waals surface area (Å²) < 4.78 is 0. The Bertz CT molecular complexity index is 413. The van der Waals surface area contributed by atoms with E-state index in [0.717, 1.165) is 25.1 Å². The number of aryl methyl sites for hydroxylation is 1. The summed E-state index contributed by atoms with van der Waals surface area (Å²) in [7, 11) is 0. The lowest BCUT2D eigenvalue weighted by Gasteiger charge is -2.24. The first kappa shape index (κ1) is 16.7. The molecule has 0 aliphatic rings. The van der Waals surface area contributed by atoms with Crippen LogP contribution in [0.25, 0.3) is 0 Å². The van der Waals surface area contributed by atoms with E-state index in [1.54, 1.807) is 0 Å². The van der Waals surface area contributed by atoms with E-state index in [-0.39, 0.29) is 17.9 Å². The molecule has 1 amide bonds. The number of rotatable bonds is 8. The topological polar surface area (TPSA) is 61.4 Å². The average Bonchev–Trinajstić information content (AvgIpc) is 2.39. The van der Waals surface area contributed by atoms with Gasteiger partial charge in [0.2, 0.25) is 5.91 Å². The third-order valence-corrected chi connectivity index (χ3v) is 3.24. The normalized spacial score (nSPS) is 11.4. The highest BCUT2D eigenvalue weighted by Gasteiger charge is 2.17. The molecular formula is C16H26N2O2. The third kappa shape index (κ3) is 6.68. The van der Waals surface area contributed by atoms with E-state index in [1.807, 2.05) is 31.2 Å². The Hall–Kier alpha value is -1.39. The molecule has 0 radical (unpaired) electrons. The Morgan fingerprint density at radius 1 is 1.25 bits per heavy atom. The molecule has 0 saturated heterocycles. The molecule has 0 heterocycles. The summed E-state index contributed by atoms with van der Waals surface area (Å²) in [6.07, 6.45) is 1.74. The average molecular weight is 278 g/mol. The summed E-state index contributed by atoms with van der Waals surface area (Å²) in [5, 5.41) is 14.9. The van der Waals surface area contributed by atoms with Gasteiger partial charge in [0.15, 0.2) is 0 Å². The van der Waals surface area contributed by atoms with Crippen molar-refractivity contribution in [2.75, 3.05) is 25.0 Å². The fraction of sp³-hybridized carbons (Fsp3) is 0.562. The Balaban J connectivity index is 2.28. The van der Waals surface area contributed by atoms with Gasteiger partial charge in [0.25, 0.3) is 0 Å². The number of amides is 1. The number of carbonyl (C=O) groups is 1. The predicted molar refractivity (Wildman–Crippen MR) is 82.8 cm³/mol. The van der Waals surface area contributed by atoms with Gasteiger partial charge in [0.1, 0.15) is 0 Å². The van der Waals surface area contributed by atoms with E-state index in [9.17, 15) is 4.79 Å². The molecule has 1 aromatic rings. The van der Waals surface area contributed by atoms with Crippen LogP contribution in [0.2, 0.25) is 0 Å². The Kier molecular flexibility index (Phi) is 6.68. The van der Waals surface area contributed by atoms with E-state index in [4.69, 9.17) is 5.11 Å². The lowest BCUT2D eigenvalue weighted by Crippen LogP contribution is -2.35. The van der Waals surface area contributed by atoms with Crippen LogP contribution >= 0.6 is 0 Å². The number of hydrogen-bond acceptors (Lipinski definition) is 3. The standard InChI is InChI=1S/C16H26N2O2/c1-13-5-7-14(8-6-13)18-15(20)11-17-12-16(2,3)9-4-10-19/h5-8,17,19H,4,9-12H2,1-3H3,(H,18,20). The number of aliphatic hydroxyl groups is 1. The van der Waals surface area contributed by atoms with Crippen molar-refractivity contribution >= 4 is 11.6 Å². The van der Waals surface area contributed by atoms with Crippen molar-refractivity contribution in [3.8, 4) is 0 Å². The second kappa shape index (κ2) is 8.02. The maximum absolute atomic E-state index is 11.8. The van der Waals surface area contributed by atoms with Gasteiger partial charge in [0, 0.05) is 18.8 Å². The van der Waals surface area contributed by atoms with Crippen molar-refractivity contribution in [1.82, 2.24) is 5.32 Å². The predicted octanol–water partition coefficient (Wildman–Crippen LogP) is 2.32. The van der Waals surface area contributed by atoms with Gasteiger partial charge in [-0.15, -0.1) is 0 Å². The fourth-order valence-electron chi connectivity index (χ4n) is 2.00. The van der Waals surface area contributed by atoms with E-state index < -0.39 is 0 Å². The first-order valence-corrected chi connectivity index (χ1v) is 7.11. The number of aliphatic hydroxyl groups excluding tert-OH is 1. The zero-order valence-electron chi connectivity index (χ0n) is 12.7. The van der Waals surface area contributed by atoms with Gasteiger partial charge in [-0.1, -0.05) is 31.5 Å². The van der Waals surface area contributed by atoms with Crippen LogP contribution in [0.15, 0.2) is 24.3 Å². The summed E-state index contributed by atoms with van der Waals surface area (Å²) in [4.78, 5) is 11.8. The van der Waals surface area contributed by atoms with Gasteiger partial charge in [-0.05, 0) is 37.3 Å². The van der Waals surface area contributed by atoms with Crippen LogP contribution in [0.1, 0.15) is 32.3 Å². The monoisotopic (exact) mass is 278 g/mol.